The summed E-state index contributed by atoms with van der Waals surface area (Å²) in [5.74, 6) is 1.19. The molecule has 26 heavy (non-hydrogen) atoms. The van der Waals surface area contributed by atoms with Gasteiger partial charge in [-0.1, -0.05) is 23.7 Å². The topological polar surface area (TPSA) is 62.2 Å². The highest BCUT2D eigenvalue weighted by Crippen LogP contribution is 2.38. The number of ether oxygens (including phenoxy) is 2. The Morgan fingerprint density at radius 1 is 1.04 bits per heavy atom. The van der Waals surface area contributed by atoms with E-state index in [9.17, 15) is 9.90 Å². The molecule has 7 heteroatoms. The Hall–Kier alpha value is -2.60. The first-order valence-electron chi connectivity index (χ1n) is 8.55. The third-order valence-electron chi connectivity index (χ3n) is 4.63. The largest absolute Gasteiger partial charge is 0.506 e. The summed E-state index contributed by atoms with van der Waals surface area (Å²) in [5.41, 5.74) is 1.29. The number of aromatic hydroxyl groups is 1. The van der Waals surface area contributed by atoms with E-state index in [0.29, 0.717) is 61.5 Å². The molecule has 2 aliphatic heterocycles. The van der Waals surface area contributed by atoms with E-state index in [1.54, 1.807) is 29.2 Å². The van der Waals surface area contributed by atoms with E-state index in [1.165, 1.54) is 0 Å². The summed E-state index contributed by atoms with van der Waals surface area (Å²) >= 11 is 6.24. The van der Waals surface area contributed by atoms with Crippen LogP contribution in [-0.2, 0) is 0 Å². The van der Waals surface area contributed by atoms with Gasteiger partial charge in [0, 0.05) is 31.7 Å². The van der Waals surface area contributed by atoms with Crippen molar-refractivity contribution in [2.24, 2.45) is 0 Å². The van der Waals surface area contributed by atoms with Gasteiger partial charge in [0.1, 0.15) is 19.0 Å². The molecule has 0 aliphatic carbocycles. The van der Waals surface area contributed by atoms with Crippen LogP contribution in [0, 0.1) is 0 Å². The molecule has 2 aliphatic rings. The number of carbonyl (C=O) groups excluding carboxylic acids is 1. The van der Waals surface area contributed by atoms with Crippen molar-refractivity contribution in [3.05, 3.63) is 47.0 Å². The Kier molecular flexibility index (Phi) is 4.51. The quantitative estimate of drug-likeness (QED) is 0.875. The predicted molar refractivity (Wildman–Crippen MR) is 98.7 cm³/mol. The second kappa shape index (κ2) is 6.96. The van der Waals surface area contributed by atoms with Gasteiger partial charge in [0.25, 0.3) is 5.91 Å². The molecule has 1 saturated heterocycles. The van der Waals surface area contributed by atoms with E-state index < -0.39 is 0 Å². The molecule has 0 radical (unpaired) electrons. The molecule has 0 atom stereocenters. The highest BCUT2D eigenvalue weighted by molar-refractivity contribution is 6.32. The minimum absolute atomic E-state index is 0.0826. The van der Waals surface area contributed by atoms with Gasteiger partial charge in [0.05, 0.1) is 10.7 Å². The van der Waals surface area contributed by atoms with Gasteiger partial charge in [-0.25, -0.2) is 0 Å². The lowest BCUT2D eigenvalue weighted by molar-refractivity contribution is 0.0745. The summed E-state index contributed by atoms with van der Waals surface area (Å²) in [5, 5.41) is 10.4. The molecule has 4 rings (SSSR count). The van der Waals surface area contributed by atoms with E-state index in [0.717, 1.165) is 5.69 Å². The number of para-hydroxylation sites is 2. The Morgan fingerprint density at radius 3 is 2.54 bits per heavy atom. The maximum Gasteiger partial charge on any atom is 0.254 e. The van der Waals surface area contributed by atoms with Crippen molar-refractivity contribution < 1.29 is 19.4 Å². The number of rotatable bonds is 2. The number of phenolic OH excluding ortho intramolecular Hbond substituents is 1. The zero-order chi connectivity index (χ0) is 18.1. The molecule has 6 nitrogen and oxygen atoms in total. The molecule has 1 amide bonds. The lowest BCUT2D eigenvalue weighted by Gasteiger charge is -2.36. The second-order valence-corrected chi connectivity index (χ2v) is 6.66. The molecular formula is C19H19ClN2O4. The number of hydrogen-bond acceptors (Lipinski definition) is 5. The number of nitrogens with zero attached hydrogens (tertiary/aromatic N) is 2. The van der Waals surface area contributed by atoms with Crippen molar-refractivity contribution in [2.75, 3.05) is 44.3 Å². The van der Waals surface area contributed by atoms with E-state index in [1.807, 2.05) is 12.1 Å². The highest BCUT2D eigenvalue weighted by Gasteiger charge is 2.26. The molecule has 1 fully saturated rings. The first-order chi connectivity index (χ1) is 12.6. The van der Waals surface area contributed by atoms with Crippen LogP contribution < -0.4 is 14.4 Å². The molecule has 0 aromatic heterocycles. The molecular weight excluding hydrogens is 356 g/mol. The average Bonchev–Trinajstić information content (AvgIpc) is 2.68. The highest BCUT2D eigenvalue weighted by atomic mass is 35.5. The summed E-state index contributed by atoms with van der Waals surface area (Å²) < 4.78 is 11.1. The van der Waals surface area contributed by atoms with Gasteiger partial charge in [0.15, 0.2) is 11.5 Å². The molecule has 0 unspecified atom stereocenters. The minimum atomic E-state index is -0.0826. The van der Waals surface area contributed by atoms with Crippen LogP contribution in [0.4, 0.5) is 5.69 Å². The van der Waals surface area contributed by atoms with E-state index in [2.05, 4.69) is 4.90 Å². The van der Waals surface area contributed by atoms with Gasteiger partial charge in [-0.2, -0.15) is 0 Å². The molecule has 0 saturated carbocycles. The number of phenols is 1. The Bertz CT molecular complexity index is 834. The van der Waals surface area contributed by atoms with Crippen molar-refractivity contribution in [2.45, 2.75) is 0 Å². The van der Waals surface area contributed by atoms with Gasteiger partial charge in [-0.3, -0.25) is 4.79 Å². The van der Waals surface area contributed by atoms with Crippen LogP contribution in [0.5, 0.6) is 17.2 Å². The first-order valence-corrected chi connectivity index (χ1v) is 8.92. The molecule has 0 bridgehead atoms. The summed E-state index contributed by atoms with van der Waals surface area (Å²) in [4.78, 5) is 16.7. The van der Waals surface area contributed by atoms with Crippen molar-refractivity contribution in [3.8, 4) is 17.2 Å². The Balaban J connectivity index is 1.47. The van der Waals surface area contributed by atoms with Crippen molar-refractivity contribution >= 4 is 23.2 Å². The Morgan fingerprint density at radius 2 is 1.77 bits per heavy atom. The lowest BCUT2D eigenvalue weighted by Crippen LogP contribution is -2.48. The number of hydrogen-bond donors (Lipinski definition) is 1. The normalized spacial score (nSPS) is 16.5. The van der Waals surface area contributed by atoms with Gasteiger partial charge < -0.3 is 24.4 Å². The molecule has 1 N–H and O–H groups in total. The van der Waals surface area contributed by atoms with E-state index in [-0.39, 0.29) is 11.7 Å². The van der Waals surface area contributed by atoms with E-state index >= 15 is 0 Å². The van der Waals surface area contributed by atoms with Crippen molar-refractivity contribution in [1.82, 2.24) is 4.90 Å². The van der Waals surface area contributed by atoms with Crippen LogP contribution in [0.25, 0.3) is 0 Å². The predicted octanol–water partition coefficient (Wildman–Crippen LogP) is 2.78. The van der Waals surface area contributed by atoms with Crippen LogP contribution in [0.15, 0.2) is 36.4 Å². The van der Waals surface area contributed by atoms with Crippen LogP contribution in [-0.4, -0.2) is 55.3 Å². The third kappa shape index (κ3) is 3.12. The number of piperazine rings is 1. The molecule has 2 aromatic rings. The minimum Gasteiger partial charge on any atom is -0.506 e. The van der Waals surface area contributed by atoms with Crippen LogP contribution in [0.3, 0.4) is 0 Å². The smallest absolute Gasteiger partial charge is 0.254 e. The summed E-state index contributed by atoms with van der Waals surface area (Å²) in [6.07, 6.45) is 0. The number of benzene rings is 2. The van der Waals surface area contributed by atoms with E-state index in [4.69, 9.17) is 21.1 Å². The van der Waals surface area contributed by atoms with Crippen molar-refractivity contribution in [1.29, 1.82) is 0 Å². The zero-order valence-corrected chi connectivity index (χ0v) is 14.9. The summed E-state index contributed by atoms with van der Waals surface area (Å²) in [7, 11) is 0. The van der Waals surface area contributed by atoms with Gasteiger partial charge in [-0.15, -0.1) is 0 Å². The molecule has 2 aromatic carbocycles. The monoisotopic (exact) mass is 374 g/mol. The summed E-state index contributed by atoms with van der Waals surface area (Å²) in [6, 6.07) is 10.6. The maximum atomic E-state index is 12.9. The molecule has 136 valence electrons. The number of amides is 1. The number of anilines is 1. The maximum absolute atomic E-state index is 12.9. The van der Waals surface area contributed by atoms with Crippen LogP contribution >= 0.6 is 11.6 Å². The summed E-state index contributed by atoms with van der Waals surface area (Å²) in [6.45, 7) is 3.34. The van der Waals surface area contributed by atoms with Crippen molar-refractivity contribution in [3.63, 3.8) is 0 Å². The number of halogens is 1. The van der Waals surface area contributed by atoms with Crippen LogP contribution in [0.1, 0.15) is 10.4 Å². The molecule has 2 heterocycles. The van der Waals surface area contributed by atoms with Gasteiger partial charge >= 0.3 is 0 Å². The van der Waals surface area contributed by atoms with Gasteiger partial charge in [0.2, 0.25) is 0 Å². The third-order valence-corrected chi connectivity index (χ3v) is 4.91. The van der Waals surface area contributed by atoms with Crippen LogP contribution in [0.2, 0.25) is 5.02 Å². The zero-order valence-electron chi connectivity index (χ0n) is 14.2. The number of carbonyl (C=O) groups is 1. The standard InChI is InChI=1S/C19H19ClN2O4/c20-14-11-13(12-17-18(14)26-10-9-25-17)19(24)22-7-5-21(6-8-22)15-3-1-2-4-16(15)23/h1-4,11-12,23H,5-10H2. The second-order valence-electron chi connectivity index (χ2n) is 6.25. The van der Waals surface area contributed by atoms with Gasteiger partial charge in [-0.05, 0) is 24.3 Å². The molecule has 0 spiro atoms. The lowest BCUT2D eigenvalue weighted by atomic mass is 10.1. The number of fused-ring (bicyclic) bond motifs is 1. The first kappa shape index (κ1) is 16.8. The fourth-order valence-corrected chi connectivity index (χ4v) is 3.56. The SMILES string of the molecule is O=C(c1cc(Cl)c2c(c1)OCCO2)N1CCN(c2ccccc2O)CC1. The Labute approximate surface area is 156 Å². The fraction of sp³-hybridized carbons (Fsp3) is 0.316. The fourth-order valence-electron chi connectivity index (χ4n) is 3.30. The average molecular weight is 375 g/mol.